The van der Waals surface area contributed by atoms with E-state index in [0.717, 1.165) is 16.9 Å². The Morgan fingerprint density at radius 1 is 0.963 bits per heavy atom. The van der Waals surface area contributed by atoms with E-state index in [1.54, 1.807) is 7.11 Å². The maximum atomic E-state index is 12.5. The largest absolute Gasteiger partial charge is 0.497 e. The first-order valence-corrected chi connectivity index (χ1v) is 9.10. The monoisotopic (exact) mass is 369 g/mol. The Balaban J connectivity index is 1.93. The molecule has 0 radical (unpaired) electrons. The minimum absolute atomic E-state index is 0.197. The van der Waals surface area contributed by atoms with E-state index in [9.17, 15) is 9.59 Å². The first-order valence-electron chi connectivity index (χ1n) is 9.10. The van der Waals surface area contributed by atoms with Crippen molar-refractivity contribution in [3.05, 3.63) is 65.7 Å². The molecule has 1 amide bonds. The lowest BCUT2D eigenvalue weighted by molar-refractivity contribution is -0.149. The van der Waals surface area contributed by atoms with Crippen LogP contribution in [0.1, 0.15) is 31.4 Å². The van der Waals surface area contributed by atoms with E-state index >= 15 is 0 Å². The summed E-state index contributed by atoms with van der Waals surface area (Å²) >= 11 is 0. The molecule has 0 heterocycles. The van der Waals surface area contributed by atoms with Crippen LogP contribution in [0, 0.1) is 5.92 Å². The van der Waals surface area contributed by atoms with Crippen LogP contribution in [0.15, 0.2) is 54.6 Å². The van der Waals surface area contributed by atoms with E-state index < -0.39 is 12.0 Å². The van der Waals surface area contributed by atoms with Crippen LogP contribution in [0.5, 0.6) is 5.75 Å². The van der Waals surface area contributed by atoms with Crippen molar-refractivity contribution in [2.45, 2.75) is 39.3 Å². The molecule has 144 valence electrons. The molecule has 2 aromatic carbocycles. The van der Waals surface area contributed by atoms with E-state index in [0.29, 0.717) is 6.42 Å². The Bertz CT molecular complexity index is 726. The van der Waals surface area contributed by atoms with Gasteiger partial charge in [-0.05, 0) is 35.6 Å². The average molecular weight is 369 g/mol. The van der Waals surface area contributed by atoms with Crippen molar-refractivity contribution in [2.24, 2.45) is 5.92 Å². The third kappa shape index (κ3) is 7.13. The molecule has 1 atom stereocenters. The highest BCUT2D eigenvalue weighted by Gasteiger charge is 2.23. The minimum Gasteiger partial charge on any atom is -0.497 e. The topological polar surface area (TPSA) is 64.6 Å². The van der Waals surface area contributed by atoms with Crippen LogP contribution >= 0.6 is 0 Å². The maximum absolute atomic E-state index is 12.5. The second-order valence-corrected chi connectivity index (χ2v) is 6.87. The number of rotatable bonds is 9. The van der Waals surface area contributed by atoms with Gasteiger partial charge in [0.1, 0.15) is 18.4 Å². The predicted molar refractivity (Wildman–Crippen MR) is 104 cm³/mol. The molecule has 5 heteroatoms. The lowest BCUT2D eigenvalue weighted by Crippen LogP contribution is -2.43. The van der Waals surface area contributed by atoms with Gasteiger partial charge in [-0.2, -0.15) is 0 Å². The lowest BCUT2D eigenvalue weighted by Gasteiger charge is -2.19. The molecule has 0 saturated heterocycles. The molecule has 1 N–H and O–H groups in total. The summed E-state index contributed by atoms with van der Waals surface area (Å²) in [5, 5.41) is 2.82. The second kappa shape index (κ2) is 10.4. The fourth-order valence-electron chi connectivity index (χ4n) is 2.69. The van der Waals surface area contributed by atoms with Gasteiger partial charge in [-0.3, -0.25) is 4.79 Å². The molecular formula is C22H27NO4. The molecule has 0 saturated carbocycles. The third-order valence-corrected chi connectivity index (χ3v) is 4.07. The summed E-state index contributed by atoms with van der Waals surface area (Å²) in [5.41, 5.74) is 1.77. The number of ether oxygens (including phenoxy) is 2. The fraction of sp³-hybridized carbons (Fsp3) is 0.364. The Hall–Kier alpha value is -2.82. The van der Waals surface area contributed by atoms with E-state index in [2.05, 4.69) is 5.32 Å². The van der Waals surface area contributed by atoms with E-state index in [-0.39, 0.29) is 24.9 Å². The van der Waals surface area contributed by atoms with Crippen LogP contribution in [0.4, 0.5) is 0 Å². The molecule has 0 aliphatic carbocycles. The molecule has 0 unspecified atom stereocenters. The van der Waals surface area contributed by atoms with Gasteiger partial charge in [-0.1, -0.05) is 56.3 Å². The third-order valence-electron chi connectivity index (χ3n) is 4.07. The van der Waals surface area contributed by atoms with Crippen molar-refractivity contribution in [2.75, 3.05) is 7.11 Å². The zero-order valence-corrected chi connectivity index (χ0v) is 16.1. The molecule has 0 fully saturated rings. The van der Waals surface area contributed by atoms with Gasteiger partial charge < -0.3 is 14.8 Å². The molecule has 0 bridgehead atoms. The summed E-state index contributed by atoms with van der Waals surface area (Å²) in [6, 6.07) is 16.1. The number of nitrogens with one attached hydrogen (secondary N) is 1. The SMILES string of the molecule is COc1ccc(CC(=O)N[C@H](CC(C)C)C(=O)OCc2ccccc2)cc1. The molecule has 2 aromatic rings. The number of amides is 1. The van der Waals surface area contributed by atoms with Crippen molar-refractivity contribution in [1.82, 2.24) is 5.32 Å². The molecule has 0 aliphatic rings. The average Bonchev–Trinajstić information content (AvgIpc) is 2.66. The molecular weight excluding hydrogens is 342 g/mol. The number of esters is 1. The standard InChI is InChI=1S/C22H27NO4/c1-16(2)13-20(22(25)27-15-18-7-5-4-6-8-18)23-21(24)14-17-9-11-19(26-3)12-10-17/h4-12,16,20H,13-15H2,1-3H3,(H,23,24)/t20-/m1/s1. The molecule has 5 nitrogen and oxygen atoms in total. The number of hydrogen-bond acceptors (Lipinski definition) is 4. The summed E-state index contributed by atoms with van der Waals surface area (Å²) in [4.78, 5) is 24.9. The van der Waals surface area contributed by atoms with Crippen molar-refractivity contribution in [1.29, 1.82) is 0 Å². The number of hydrogen-bond donors (Lipinski definition) is 1. The highest BCUT2D eigenvalue weighted by atomic mass is 16.5. The highest BCUT2D eigenvalue weighted by molar-refractivity contribution is 5.85. The lowest BCUT2D eigenvalue weighted by atomic mass is 10.0. The minimum atomic E-state index is -0.653. The molecule has 2 rings (SSSR count). The first kappa shape index (κ1) is 20.5. The van der Waals surface area contributed by atoms with Crippen molar-refractivity contribution in [3.8, 4) is 5.75 Å². The van der Waals surface area contributed by atoms with Crippen LogP contribution in [-0.2, 0) is 27.4 Å². The van der Waals surface area contributed by atoms with E-state index in [1.807, 2.05) is 68.4 Å². The summed E-state index contributed by atoms with van der Waals surface area (Å²) in [5.74, 6) is 0.375. The first-order chi connectivity index (χ1) is 13.0. The summed E-state index contributed by atoms with van der Waals surface area (Å²) in [6.07, 6.45) is 0.729. The van der Waals surface area contributed by atoms with Gasteiger partial charge in [0, 0.05) is 0 Å². The van der Waals surface area contributed by atoms with Crippen LogP contribution in [0.25, 0.3) is 0 Å². The maximum Gasteiger partial charge on any atom is 0.328 e. The number of methoxy groups -OCH3 is 1. The molecule has 0 aliphatic heterocycles. The Morgan fingerprint density at radius 3 is 2.22 bits per heavy atom. The van der Waals surface area contributed by atoms with Crippen molar-refractivity contribution < 1.29 is 19.1 Å². The highest BCUT2D eigenvalue weighted by Crippen LogP contribution is 2.13. The zero-order chi connectivity index (χ0) is 19.6. The summed E-state index contributed by atoms with van der Waals surface area (Å²) in [6.45, 7) is 4.21. The van der Waals surface area contributed by atoms with Crippen LogP contribution in [-0.4, -0.2) is 25.0 Å². The number of carbonyl (C=O) groups excluding carboxylic acids is 2. The summed E-state index contributed by atoms with van der Waals surface area (Å²) in [7, 11) is 1.60. The summed E-state index contributed by atoms with van der Waals surface area (Å²) < 4.78 is 10.5. The van der Waals surface area contributed by atoms with E-state index in [4.69, 9.17) is 9.47 Å². The smallest absolute Gasteiger partial charge is 0.328 e. The fourth-order valence-corrected chi connectivity index (χ4v) is 2.69. The van der Waals surface area contributed by atoms with E-state index in [1.165, 1.54) is 0 Å². The van der Waals surface area contributed by atoms with Crippen molar-refractivity contribution >= 4 is 11.9 Å². The van der Waals surface area contributed by atoms with Crippen LogP contribution in [0.2, 0.25) is 0 Å². The second-order valence-electron chi connectivity index (χ2n) is 6.87. The van der Waals surface area contributed by atoms with Gasteiger partial charge in [0.2, 0.25) is 5.91 Å². The van der Waals surface area contributed by atoms with Gasteiger partial charge in [0.15, 0.2) is 0 Å². The van der Waals surface area contributed by atoms with Crippen LogP contribution in [0.3, 0.4) is 0 Å². The number of benzene rings is 2. The number of carbonyl (C=O) groups is 2. The zero-order valence-electron chi connectivity index (χ0n) is 16.1. The Kier molecular flexibility index (Phi) is 7.86. The van der Waals surface area contributed by atoms with Gasteiger partial charge in [0.25, 0.3) is 0 Å². The molecule has 27 heavy (non-hydrogen) atoms. The van der Waals surface area contributed by atoms with Gasteiger partial charge >= 0.3 is 5.97 Å². The molecule has 0 spiro atoms. The van der Waals surface area contributed by atoms with Gasteiger partial charge in [0.05, 0.1) is 13.5 Å². The quantitative estimate of drug-likeness (QED) is 0.687. The predicted octanol–water partition coefficient (Wildman–Crippen LogP) is 3.51. The molecule has 0 aromatic heterocycles. The normalized spacial score (nSPS) is 11.7. The van der Waals surface area contributed by atoms with Crippen molar-refractivity contribution in [3.63, 3.8) is 0 Å². The Labute approximate surface area is 160 Å². The Morgan fingerprint density at radius 2 is 1.63 bits per heavy atom. The van der Waals surface area contributed by atoms with Crippen LogP contribution < -0.4 is 10.1 Å². The van der Waals surface area contributed by atoms with Gasteiger partial charge in [-0.15, -0.1) is 0 Å². The van der Waals surface area contributed by atoms with Gasteiger partial charge in [-0.25, -0.2) is 4.79 Å².